The van der Waals surface area contributed by atoms with Crippen LogP contribution in [-0.2, 0) is 15.8 Å². The maximum atomic E-state index is 12.4. The fraction of sp³-hybridized carbons (Fsp3) is 0.235. The summed E-state index contributed by atoms with van der Waals surface area (Å²) in [4.78, 5) is 26.9. The fourth-order valence-corrected chi connectivity index (χ4v) is 2.27. The molecule has 1 aromatic heterocycles. The van der Waals surface area contributed by atoms with Gasteiger partial charge in [0.1, 0.15) is 18.4 Å². The standard InChI is InChI=1S/C17H14F3N3O4/c18-17(19,20)14-6-5-10(7-21-14)23-16(25)15(24)22-8-11-9-26-12-3-1-2-4-13(12)27-11/h1-7,11H,8-9H2,(H,22,24)(H,23,25)/t11-/m0/s1. The van der Waals surface area contributed by atoms with Gasteiger partial charge in [0.05, 0.1) is 18.4 Å². The highest BCUT2D eigenvalue weighted by molar-refractivity contribution is 6.39. The summed E-state index contributed by atoms with van der Waals surface area (Å²) in [5.74, 6) is -0.873. The lowest BCUT2D eigenvalue weighted by atomic mass is 10.2. The van der Waals surface area contributed by atoms with Crippen molar-refractivity contribution < 1.29 is 32.2 Å². The predicted octanol–water partition coefficient (Wildman–Crippen LogP) is 2.00. The monoisotopic (exact) mass is 381 g/mol. The second-order valence-electron chi connectivity index (χ2n) is 5.59. The first kappa shape index (κ1) is 18.5. The van der Waals surface area contributed by atoms with Gasteiger partial charge in [-0.25, -0.2) is 4.98 Å². The Morgan fingerprint density at radius 2 is 1.85 bits per heavy atom. The molecule has 2 heterocycles. The summed E-state index contributed by atoms with van der Waals surface area (Å²) in [5, 5.41) is 4.55. The van der Waals surface area contributed by atoms with Crippen LogP contribution in [-0.4, -0.2) is 36.1 Å². The van der Waals surface area contributed by atoms with Crippen molar-refractivity contribution >= 4 is 17.5 Å². The Hall–Kier alpha value is -3.30. The number of anilines is 1. The van der Waals surface area contributed by atoms with E-state index in [0.29, 0.717) is 17.6 Å². The van der Waals surface area contributed by atoms with E-state index in [1.807, 2.05) is 0 Å². The smallest absolute Gasteiger partial charge is 0.433 e. The topological polar surface area (TPSA) is 89.5 Å². The Morgan fingerprint density at radius 1 is 1.11 bits per heavy atom. The van der Waals surface area contributed by atoms with Crippen LogP contribution in [0.15, 0.2) is 42.6 Å². The number of alkyl halides is 3. The molecule has 0 saturated heterocycles. The van der Waals surface area contributed by atoms with Crippen LogP contribution in [0.4, 0.5) is 18.9 Å². The zero-order chi connectivity index (χ0) is 19.4. The van der Waals surface area contributed by atoms with Gasteiger partial charge >= 0.3 is 18.0 Å². The molecule has 1 aliphatic heterocycles. The van der Waals surface area contributed by atoms with E-state index in [1.165, 1.54) is 0 Å². The molecule has 1 atom stereocenters. The van der Waals surface area contributed by atoms with Gasteiger partial charge in [-0.1, -0.05) is 12.1 Å². The zero-order valence-corrected chi connectivity index (χ0v) is 13.7. The molecule has 2 amide bonds. The minimum absolute atomic E-state index is 0.0197. The van der Waals surface area contributed by atoms with E-state index in [9.17, 15) is 22.8 Å². The summed E-state index contributed by atoms with van der Waals surface area (Å²) in [5.41, 5.74) is -1.13. The van der Waals surface area contributed by atoms with E-state index >= 15 is 0 Å². The molecule has 0 aliphatic carbocycles. The number of benzene rings is 1. The van der Waals surface area contributed by atoms with Gasteiger partial charge in [-0.15, -0.1) is 0 Å². The lowest BCUT2D eigenvalue weighted by Gasteiger charge is -2.26. The number of halogens is 3. The maximum Gasteiger partial charge on any atom is 0.433 e. The van der Waals surface area contributed by atoms with Gasteiger partial charge in [0, 0.05) is 0 Å². The number of rotatable bonds is 3. The summed E-state index contributed by atoms with van der Waals surface area (Å²) >= 11 is 0. The van der Waals surface area contributed by atoms with Crippen LogP contribution >= 0.6 is 0 Å². The maximum absolute atomic E-state index is 12.4. The molecule has 0 bridgehead atoms. The van der Waals surface area contributed by atoms with Crippen LogP contribution in [0.3, 0.4) is 0 Å². The van der Waals surface area contributed by atoms with Crippen molar-refractivity contribution in [3.63, 3.8) is 0 Å². The molecule has 142 valence electrons. The second-order valence-corrected chi connectivity index (χ2v) is 5.59. The van der Waals surface area contributed by atoms with Gasteiger partial charge < -0.3 is 20.1 Å². The first-order chi connectivity index (χ1) is 12.8. The van der Waals surface area contributed by atoms with Crippen molar-refractivity contribution in [3.05, 3.63) is 48.3 Å². The van der Waals surface area contributed by atoms with Crippen LogP contribution in [0.5, 0.6) is 11.5 Å². The normalized spacial score (nSPS) is 15.7. The Kier molecular flexibility index (Phi) is 5.15. The van der Waals surface area contributed by atoms with E-state index in [2.05, 4.69) is 15.6 Å². The highest BCUT2D eigenvalue weighted by Crippen LogP contribution is 2.30. The van der Waals surface area contributed by atoms with Crippen molar-refractivity contribution in [1.29, 1.82) is 0 Å². The molecule has 10 heteroatoms. The number of hydrogen-bond donors (Lipinski definition) is 2. The van der Waals surface area contributed by atoms with E-state index in [0.717, 1.165) is 12.3 Å². The van der Waals surface area contributed by atoms with Crippen molar-refractivity contribution in [1.82, 2.24) is 10.3 Å². The molecular formula is C17H14F3N3O4. The Morgan fingerprint density at radius 3 is 2.52 bits per heavy atom. The van der Waals surface area contributed by atoms with Crippen LogP contribution in [0, 0.1) is 0 Å². The lowest BCUT2D eigenvalue weighted by molar-refractivity contribution is -0.141. The first-order valence-electron chi connectivity index (χ1n) is 7.84. The van der Waals surface area contributed by atoms with Gasteiger partial charge in [0.2, 0.25) is 0 Å². The zero-order valence-electron chi connectivity index (χ0n) is 13.7. The number of ether oxygens (including phenoxy) is 2. The summed E-state index contributed by atoms with van der Waals surface area (Å²) < 4.78 is 48.5. The third-order valence-electron chi connectivity index (χ3n) is 3.58. The molecular weight excluding hydrogens is 367 g/mol. The Labute approximate surface area is 151 Å². The quantitative estimate of drug-likeness (QED) is 0.794. The average molecular weight is 381 g/mol. The number of fused-ring (bicyclic) bond motifs is 1. The van der Waals surface area contributed by atoms with Crippen LogP contribution in [0.2, 0.25) is 0 Å². The molecule has 1 aliphatic rings. The number of pyridine rings is 1. The molecule has 0 unspecified atom stereocenters. The summed E-state index contributed by atoms with van der Waals surface area (Å²) in [7, 11) is 0. The molecule has 7 nitrogen and oxygen atoms in total. The minimum Gasteiger partial charge on any atom is -0.486 e. The minimum atomic E-state index is -4.58. The van der Waals surface area contributed by atoms with E-state index in [4.69, 9.17) is 9.47 Å². The van der Waals surface area contributed by atoms with Crippen molar-refractivity contribution in [2.24, 2.45) is 0 Å². The number of nitrogens with one attached hydrogen (secondary N) is 2. The summed E-state index contributed by atoms with van der Waals surface area (Å²) in [6.07, 6.45) is -4.24. The molecule has 27 heavy (non-hydrogen) atoms. The van der Waals surface area contributed by atoms with Gasteiger partial charge in [-0.3, -0.25) is 9.59 Å². The molecule has 3 rings (SSSR count). The predicted molar refractivity (Wildman–Crippen MR) is 87.2 cm³/mol. The number of carbonyl (C=O) groups excluding carboxylic acids is 2. The van der Waals surface area contributed by atoms with Crippen molar-refractivity contribution in [3.8, 4) is 11.5 Å². The van der Waals surface area contributed by atoms with Crippen LogP contribution in [0.25, 0.3) is 0 Å². The second kappa shape index (κ2) is 7.52. The largest absolute Gasteiger partial charge is 0.486 e. The van der Waals surface area contributed by atoms with Crippen molar-refractivity contribution in [2.45, 2.75) is 12.3 Å². The van der Waals surface area contributed by atoms with Gasteiger partial charge in [-0.05, 0) is 24.3 Å². The fourth-order valence-electron chi connectivity index (χ4n) is 2.27. The third-order valence-corrected chi connectivity index (χ3v) is 3.58. The summed E-state index contributed by atoms with van der Waals surface area (Å²) in [6, 6.07) is 8.75. The van der Waals surface area contributed by atoms with E-state index in [-0.39, 0.29) is 18.8 Å². The van der Waals surface area contributed by atoms with Gasteiger partial charge in [-0.2, -0.15) is 13.2 Å². The van der Waals surface area contributed by atoms with Gasteiger partial charge in [0.25, 0.3) is 0 Å². The highest BCUT2D eigenvalue weighted by Gasteiger charge is 2.32. The number of nitrogens with zero attached hydrogens (tertiary/aromatic N) is 1. The number of hydrogen-bond acceptors (Lipinski definition) is 5. The number of amides is 2. The molecule has 2 N–H and O–H groups in total. The van der Waals surface area contributed by atoms with Gasteiger partial charge in [0.15, 0.2) is 11.5 Å². The molecule has 0 saturated carbocycles. The number of para-hydroxylation sites is 2. The SMILES string of the molecule is O=C(NC[C@H]1COc2ccccc2O1)C(=O)Nc1ccc(C(F)(F)F)nc1. The van der Waals surface area contributed by atoms with Crippen molar-refractivity contribution in [2.75, 3.05) is 18.5 Å². The van der Waals surface area contributed by atoms with E-state index in [1.54, 1.807) is 24.3 Å². The first-order valence-corrected chi connectivity index (χ1v) is 7.84. The highest BCUT2D eigenvalue weighted by atomic mass is 19.4. The molecule has 0 radical (unpaired) electrons. The van der Waals surface area contributed by atoms with Crippen LogP contribution in [0.1, 0.15) is 5.69 Å². The van der Waals surface area contributed by atoms with Crippen LogP contribution < -0.4 is 20.1 Å². The molecule has 2 aromatic rings. The molecule has 0 fully saturated rings. The Balaban J connectivity index is 1.49. The number of aromatic nitrogens is 1. The van der Waals surface area contributed by atoms with E-state index < -0.39 is 29.8 Å². The third kappa shape index (κ3) is 4.66. The Bertz CT molecular complexity index is 840. The molecule has 1 aromatic carbocycles. The lowest BCUT2D eigenvalue weighted by Crippen LogP contribution is -2.44. The average Bonchev–Trinajstić information content (AvgIpc) is 2.65. The molecule has 0 spiro atoms. The number of carbonyl (C=O) groups is 2. The summed E-state index contributed by atoms with van der Waals surface area (Å²) in [6.45, 7) is 0.216.